The van der Waals surface area contributed by atoms with Crippen LogP contribution < -0.4 is 5.32 Å². The van der Waals surface area contributed by atoms with Crippen LogP contribution in [0.5, 0.6) is 0 Å². The Hall–Kier alpha value is -1.19. The van der Waals surface area contributed by atoms with Gasteiger partial charge in [-0.15, -0.1) is 0 Å². The molecule has 0 saturated heterocycles. The lowest BCUT2D eigenvalue weighted by molar-refractivity contribution is 0.626. The second-order valence-electron chi connectivity index (χ2n) is 4.31. The minimum atomic E-state index is 0.179. The Bertz CT molecular complexity index is 525. The maximum atomic E-state index is 4.29. The lowest BCUT2D eigenvalue weighted by Crippen LogP contribution is -2.22. The van der Waals surface area contributed by atoms with Crippen molar-refractivity contribution in [2.24, 2.45) is 0 Å². The van der Waals surface area contributed by atoms with E-state index in [-0.39, 0.29) is 6.04 Å². The van der Waals surface area contributed by atoms with Gasteiger partial charge in [-0.1, -0.05) is 47.1 Å². The minimum absolute atomic E-state index is 0.179. The van der Waals surface area contributed by atoms with Crippen LogP contribution in [-0.2, 0) is 0 Å². The van der Waals surface area contributed by atoms with Crippen LogP contribution in [0.25, 0.3) is 0 Å². The van der Waals surface area contributed by atoms with Crippen LogP contribution in [0.15, 0.2) is 47.2 Å². The number of aryl methyl sites for hydroxylation is 1. The largest absolute Gasteiger partial charge is 0.306 e. The highest BCUT2D eigenvalue weighted by molar-refractivity contribution is 9.10. The van der Waals surface area contributed by atoms with Crippen molar-refractivity contribution in [1.82, 2.24) is 10.3 Å². The van der Waals surface area contributed by atoms with Gasteiger partial charge in [-0.2, -0.15) is 0 Å². The minimum Gasteiger partial charge on any atom is -0.306 e. The van der Waals surface area contributed by atoms with Crippen LogP contribution in [0.2, 0.25) is 0 Å². The normalized spacial score (nSPS) is 12.4. The summed E-state index contributed by atoms with van der Waals surface area (Å²) in [5.74, 6) is 0. The number of rotatable bonds is 4. The number of nitrogens with one attached hydrogen (secondary N) is 1. The summed E-state index contributed by atoms with van der Waals surface area (Å²) in [7, 11) is 0. The summed E-state index contributed by atoms with van der Waals surface area (Å²) in [6.45, 7) is 5.10. The molecule has 2 aromatic rings. The van der Waals surface area contributed by atoms with Crippen molar-refractivity contribution >= 4 is 15.9 Å². The van der Waals surface area contributed by atoms with Gasteiger partial charge in [-0.05, 0) is 36.2 Å². The van der Waals surface area contributed by atoms with Crippen molar-refractivity contribution in [2.45, 2.75) is 19.9 Å². The molecule has 0 saturated carbocycles. The fourth-order valence-electron chi connectivity index (χ4n) is 2.06. The quantitative estimate of drug-likeness (QED) is 0.928. The van der Waals surface area contributed by atoms with Gasteiger partial charge in [-0.3, -0.25) is 4.98 Å². The molecular formula is C15H17BrN2. The number of benzene rings is 1. The molecular weight excluding hydrogens is 288 g/mol. The van der Waals surface area contributed by atoms with E-state index in [1.54, 1.807) is 0 Å². The first kappa shape index (κ1) is 13.2. The molecule has 2 nitrogen and oxygen atoms in total. The van der Waals surface area contributed by atoms with Crippen molar-refractivity contribution in [2.75, 3.05) is 6.54 Å². The molecule has 1 atom stereocenters. The highest BCUT2D eigenvalue weighted by Crippen LogP contribution is 2.28. The lowest BCUT2D eigenvalue weighted by Gasteiger charge is -2.20. The van der Waals surface area contributed by atoms with E-state index in [4.69, 9.17) is 0 Å². The van der Waals surface area contributed by atoms with Crippen LogP contribution in [0.3, 0.4) is 0 Å². The number of pyridine rings is 1. The van der Waals surface area contributed by atoms with Gasteiger partial charge in [0.25, 0.3) is 0 Å². The van der Waals surface area contributed by atoms with Crippen LogP contribution in [0.1, 0.15) is 29.7 Å². The van der Waals surface area contributed by atoms with E-state index < -0.39 is 0 Å². The summed E-state index contributed by atoms with van der Waals surface area (Å²) < 4.78 is 1.12. The van der Waals surface area contributed by atoms with Crippen LogP contribution >= 0.6 is 15.9 Å². The molecule has 1 unspecified atom stereocenters. The molecule has 0 fully saturated rings. The molecule has 18 heavy (non-hydrogen) atoms. The smallest absolute Gasteiger partial charge is 0.0603 e. The van der Waals surface area contributed by atoms with Gasteiger partial charge in [0.15, 0.2) is 0 Å². The Kier molecular flexibility index (Phi) is 4.50. The lowest BCUT2D eigenvalue weighted by atomic mass is 9.99. The molecule has 0 spiro atoms. The molecule has 0 aliphatic carbocycles. The number of hydrogen-bond donors (Lipinski definition) is 1. The summed E-state index contributed by atoms with van der Waals surface area (Å²) in [6.07, 6.45) is 3.81. The number of nitrogens with zero attached hydrogens (tertiary/aromatic N) is 1. The van der Waals surface area contributed by atoms with Crippen LogP contribution in [-0.4, -0.2) is 11.5 Å². The van der Waals surface area contributed by atoms with Gasteiger partial charge >= 0.3 is 0 Å². The molecule has 0 radical (unpaired) electrons. The molecule has 0 aliphatic heterocycles. The third kappa shape index (κ3) is 2.98. The zero-order valence-electron chi connectivity index (χ0n) is 10.7. The Morgan fingerprint density at radius 2 is 2.06 bits per heavy atom. The van der Waals surface area contributed by atoms with E-state index in [2.05, 4.69) is 64.3 Å². The van der Waals surface area contributed by atoms with E-state index in [1.165, 1.54) is 16.7 Å². The average Bonchev–Trinajstić information content (AvgIpc) is 2.37. The maximum absolute atomic E-state index is 4.29. The molecule has 0 aliphatic rings. The van der Waals surface area contributed by atoms with Crippen molar-refractivity contribution in [3.63, 3.8) is 0 Å². The molecule has 0 amide bonds. The first-order valence-corrected chi connectivity index (χ1v) is 6.91. The monoisotopic (exact) mass is 304 g/mol. The van der Waals surface area contributed by atoms with E-state index in [0.29, 0.717) is 0 Å². The Morgan fingerprint density at radius 3 is 2.72 bits per heavy atom. The van der Waals surface area contributed by atoms with E-state index in [9.17, 15) is 0 Å². The summed E-state index contributed by atoms with van der Waals surface area (Å²) in [5, 5.41) is 3.51. The predicted octanol–water partition coefficient (Wildman–Crippen LogP) is 3.85. The zero-order chi connectivity index (χ0) is 13.0. The SMILES string of the molecule is CCNC(c1cncc(C)c1)c1ccccc1Br. The molecule has 1 N–H and O–H groups in total. The molecule has 2 rings (SSSR count). The fourth-order valence-corrected chi connectivity index (χ4v) is 2.57. The van der Waals surface area contributed by atoms with E-state index in [0.717, 1.165) is 11.0 Å². The zero-order valence-corrected chi connectivity index (χ0v) is 12.2. The third-order valence-corrected chi connectivity index (χ3v) is 3.58. The summed E-state index contributed by atoms with van der Waals surface area (Å²) in [4.78, 5) is 4.29. The topological polar surface area (TPSA) is 24.9 Å². The number of halogens is 1. The van der Waals surface area contributed by atoms with Crippen LogP contribution in [0.4, 0.5) is 0 Å². The van der Waals surface area contributed by atoms with Gasteiger partial charge in [-0.25, -0.2) is 0 Å². The fraction of sp³-hybridized carbons (Fsp3) is 0.267. The Morgan fingerprint density at radius 1 is 1.28 bits per heavy atom. The first-order chi connectivity index (χ1) is 8.72. The Labute approximate surface area is 117 Å². The Balaban J connectivity index is 2.43. The second-order valence-corrected chi connectivity index (χ2v) is 5.16. The molecule has 1 heterocycles. The van der Waals surface area contributed by atoms with E-state index >= 15 is 0 Å². The number of aromatic nitrogens is 1. The summed E-state index contributed by atoms with van der Waals surface area (Å²) in [5.41, 5.74) is 3.62. The summed E-state index contributed by atoms with van der Waals surface area (Å²) in [6, 6.07) is 10.7. The second kappa shape index (κ2) is 6.12. The third-order valence-electron chi connectivity index (χ3n) is 2.85. The maximum Gasteiger partial charge on any atom is 0.0603 e. The van der Waals surface area contributed by atoms with Crippen molar-refractivity contribution in [1.29, 1.82) is 0 Å². The summed E-state index contributed by atoms with van der Waals surface area (Å²) >= 11 is 3.62. The van der Waals surface area contributed by atoms with Crippen molar-refractivity contribution < 1.29 is 0 Å². The standard InChI is InChI=1S/C15H17BrN2/c1-3-18-15(12-8-11(2)9-17-10-12)13-6-4-5-7-14(13)16/h4-10,15,18H,3H2,1-2H3. The molecule has 94 valence electrons. The van der Waals surface area contributed by atoms with Crippen molar-refractivity contribution in [3.8, 4) is 0 Å². The molecule has 0 bridgehead atoms. The van der Waals surface area contributed by atoms with Crippen LogP contribution in [0, 0.1) is 6.92 Å². The highest BCUT2D eigenvalue weighted by atomic mass is 79.9. The number of hydrogen-bond acceptors (Lipinski definition) is 2. The predicted molar refractivity (Wildman–Crippen MR) is 78.6 cm³/mol. The molecule has 1 aromatic carbocycles. The first-order valence-electron chi connectivity index (χ1n) is 6.11. The van der Waals surface area contributed by atoms with Gasteiger partial charge in [0, 0.05) is 16.9 Å². The average molecular weight is 305 g/mol. The molecule has 3 heteroatoms. The highest BCUT2D eigenvalue weighted by Gasteiger charge is 2.15. The van der Waals surface area contributed by atoms with Gasteiger partial charge in [0.2, 0.25) is 0 Å². The van der Waals surface area contributed by atoms with Gasteiger partial charge in [0.05, 0.1) is 6.04 Å². The van der Waals surface area contributed by atoms with Crippen molar-refractivity contribution in [3.05, 3.63) is 63.9 Å². The van der Waals surface area contributed by atoms with Gasteiger partial charge < -0.3 is 5.32 Å². The van der Waals surface area contributed by atoms with E-state index in [1.807, 2.05) is 18.5 Å². The molecule has 1 aromatic heterocycles. The van der Waals surface area contributed by atoms with Gasteiger partial charge in [0.1, 0.15) is 0 Å².